The van der Waals surface area contributed by atoms with Gasteiger partial charge in [-0.1, -0.05) is 68.4 Å². The molecule has 0 amide bonds. The van der Waals surface area contributed by atoms with Crippen LogP contribution in [0.25, 0.3) is 10.8 Å². The Morgan fingerprint density at radius 2 is 1.69 bits per heavy atom. The predicted octanol–water partition coefficient (Wildman–Crippen LogP) is 4.17. The highest BCUT2D eigenvalue weighted by molar-refractivity contribution is 8.00. The number of halogens is 1. The van der Waals surface area contributed by atoms with Gasteiger partial charge in [0, 0.05) is 15.5 Å². The molecule has 0 unspecified atom stereocenters. The van der Waals surface area contributed by atoms with Crippen LogP contribution in [-0.4, -0.2) is 14.9 Å². The number of rotatable bonds is 1. The number of fused-ring (bicyclic) bond motifs is 1. The van der Waals surface area contributed by atoms with Crippen molar-refractivity contribution in [2.45, 2.75) is 30.5 Å². The Bertz CT molecular complexity index is 520. The van der Waals surface area contributed by atoms with Crippen molar-refractivity contribution >= 4 is 34.1 Å². The molecule has 0 aliphatic heterocycles. The van der Waals surface area contributed by atoms with Crippen molar-refractivity contribution in [3.8, 4) is 0 Å². The van der Waals surface area contributed by atoms with E-state index >= 15 is 0 Å². The summed E-state index contributed by atoms with van der Waals surface area (Å²) in [5.41, 5.74) is 0. The lowest BCUT2D eigenvalue weighted by Crippen LogP contribution is -2.08. The molecule has 2 rings (SSSR count). The molecule has 0 aliphatic carbocycles. The molecule has 84 valence electrons. The SMILES string of the molecule is CC(C)(C)Sc1nnc(Cl)c2ccccc12. The number of hydrogen-bond donors (Lipinski definition) is 0. The molecule has 0 atom stereocenters. The summed E-state index contributed by atoms with van der Waals surface area (Å²) in [6.45, 7) is 6.47. The number of hydrogen-bond acceptors (Lipinski definition) is 3. The third-order valence-corrected chi connectivity index (χ3v) is 3.40. The van der Waals surface area contributed by atoms with Gasteiger partial charge < -0.3 is 0 Å². The van der Waals surface area contributed by atoms with Crippen molar-refractivity contribution in [3.63, 3.8) is 0 Å². The maximum absolute atomic E-state index is 6.02. The first kappa shape index (κ1) is 11.7. The van der Waals surface area contributed by atoms with Crippen LogP contribution < -0.4 is 0 Å². The standard InChI is InChI=1S/C12H13ClN2S/c1-12(2,3)16-11-9-7-5-4-6-8(9)10(13)14-15-11/h4-7H,1-3H3. The molecule has 0 aliphatic rings. The molecule has 1 heterocycles. The van der Waals surface area contributed by atoms with Gasteiger partial charge in [0.2, 0.25) is 0 Å². The number of nitrogens with zero attached hydrogens (tertiary/aromatic N) is 2. The van der Waals surface area contributed by atoms with E-state index < -0.39 is 0 Å². The zero-order valence-electron chi connectivity index (χ0n) is 9.49. The second-order valence-electron chi connectivity index (χ2n) is 4.56. The Balaban J connectivity index is 2.59. The van der Waals surface area contributed by atoms with Gasteiger partial charge in [0.15, 0.2) is 5.15 Å². The molecule has 0 fully saturated rings. The Hall–Kier alpha value is -0.800. The van der Waals surface area contributed by atoms with Crippen LogP contribution >= 0.6 is 23.4 Å². The van der Waals surface area contributed by atoms with Crippen LogP contribution in [0.5, 0.6) is 0 Å². The smallest absolute Gasteiger partial charge is 0.142 e. The van der Waals surface area contributed by atoms with Gasteiger partial charge in [-0.25, -0.2) is 0 Å². The summed E-state index contributed by atoms with van der Waals surface area (Å²) >= 11 is 7.72. The average Bonchev–Trinajstić information content (AvgIpc) is 2.21. The maximum Gasteiger partial charge on any atom is 0.159 e. The average molecular weight is 253 g/mol. The van der Waals surface area contributed by atoms with Crippen LogP contribution in [0.2, 0.25) is 5.15 Å². The molecule has 1 aromatic carbocycles. The molecule has 2 nitrogen and oxygen atoms in total. The minimum absolute atomic E-state index is 0.116. The van der Waals surface area contributed by atoms with E-state index in [0.717, 1.165) is 15.8 Å². The fourth-order valence-electron chi connectivity index (χ4n) is 1.41. The zero-order chi connectivity index (χ0) is 11.8. The van der Waals surface area contributed by atoms with Crippen LogP contribution in [0.3, 0.4) is 0 Å². The second kappa shape index (κ2) is 4.22. The Morgan fingerprint density at radius 1 is 1.06 bits per heavy atom. The summed E-state index contributed by atoms with van der Waals surface area (Å²) in [6, 6.07) is 7.96. The van der Waals surface area contributed by atoms with Gasteiger partial charge in [0.05, 0.1) is 0 Å². The molecule has 0 radical (unpaired) electrons. The summed E-state index contributed by atoms with van der Waals surface area (Å²) in [5, 5.41) is 11.6. The van der Waals surface area contributed by atoms with Crippen molar-refractivity contribution in [1.29, 1.82) is 0 Å². The van der Waals surface area contributed by atoms with E-state index in [9.17, 15) is 0 Å². The highest BCUT2D eigenvalue weighted by Gasteiger charge is 2.16. The van der Waals surface area contributed by atoms with Gasteiger partial charge in [-0.05, 0) is 0 Å². The summed E-state index contributed by atoms with van der Waals surface area (Å²) in [6.07, 6.45) is 0. The van der Waals surface area contributed by atoms with E-state index in [1.54, 1.807) is 11.8 Å². The van der Waals surface area contributed by atoms with E-state index in [1.165, 1.54) is 0 Å². The summed E-state index contributed by atoms with van der Waals surface area (Å²) in [4.78, 5) is 0. The summed E-state index contributed by atoms with van der Waals surface area (Å²) < 4.78 is 0.116. The van der Waals surface area contributed by atoms with Crippen molar-refractivity contribution in [2.24, 2.45) is 0 Å². The van der Waals surface area contributed by atoms with Gasteiger partial charge >= 0.3 is 0 Å². The van der Waals surface area contributed by atoms with E-state index in [4.69, 9.17) is 11.6 Å². The molecule has 0 bridgehead atoms. The second-order valence-corrected chi connectivity index (χ2v) is 6.73. The molecule has 4 heteroatoms. The van der Waals surface area contributed by atoms with Crippen LogP contribution in [0.15, 0.2) is 29.3 Å². The number of aromatic nitrogens is 2. The molecule has 0 spiro atoms. The molecule has 2 aromatic rings. The Morgan fingerprint density at radius 3 is 2.31 bits per heavy atom. The van der Waals surface area contributed by atoms with E-state index in [2.05, 4.69) is 31.0 Å². The molecule has 1 aromatic heterocycles. The van der Waals surface area contributed by atoms with Crippen LogP contribution in [0.4, 0.5) is 0 Å². The minimum Gasteiger partial charge on any atom is -0.142 e. The molecular weight excluding hydrogens is 240 g/mol. The lowest BCUT2D eigenvalue weighted by molar-refractivity contribution is 0.796. The summed E-state index contributed by atoms with van der Waals surface area (Å²) in [5.74, 6) is 0. The van der Waals surface area contributed by atoms with Crippen LogP contribution in [0.1, 0.15) is 20.8 Å². The maximum atomic E-state index is 6.02. The first-order chi connectivity index (χ1) is 7.47. The van der Waals surface area contributed by atoms with Crippen molar-refractivity contribution < 1.29 is 0 Å². The lowest BCUT2D eigenvalue weighted by Gasteiger charge is -2.17. The van der Waals surface area contributed by atoms with Gasteiger partial charge in [-0.2, -0.15) is 0 Å². The molecule has 0 N–H and O–H groups in total. The molecule has 0 saturated carbocycles. The van der Waals surface area contributed by atoms with Crippen LogP contribution in [0, 0.1) is 0 Å². The lowest BCUT2D eigenvalue weighted by atomic mass is 10.2. The van der Waals surface area contributed by atoms with Gasteiger partial charge in [-0.15, -0.1) is 10.2 Å². The number of thioether (sulfide) groups is 1. The van der Waals surface area contributed by atoms with E-state index in [1.807, 2.05) is 24.3 Å². The topological polar surface area (TPSA) is 25.8 Å². The number of benzene rings is 1. The highest BCUT2D eigenvalue weighted by Crippen LogP contribution is 2.35. The molecular formula is C12H13ClN2S. The van der Waals surface area contributed by atoms with Crippen molar-refractivity contribution in [1.82, 2.24) is 10.2 Å². The van der Waals surface area contributed by atoms with Crippen molar-refractivity contribution in [2.75, 3.05) is 0 Å². The molecule has 16 heavy (non-hydrogen) atoms. The monoisotopic (exact) mass is 252 g/mol. The Kier molecular flexibility index (Phi) is 3.08. The van der Waals surface area contributed by atoms with E-state index in [0.29, 0.717) is 5.15 Å². The summed E-state index contributed by atoms with van der Waals surface area (Å²) in [7, 11) is 0. The van der Waals surface area contributed by atoms with E-state index in [-0.39, 0.29) is 4.75 Å². The zero-order valence-corrected chi connectivity index (χ0v) is 11.1. The Labute approximate surface area is 104 Å². The predicted molar refractivity (Wildman–Crippen MR) is 70.2 cm³/mol. The quantitative estimate of drug-likeness (QED) is 0.713. The largest absolute Gasteiger partial charge is 0.159 e. The van der Waals surface area contributed by atoms with Gasteiger partial charge in [0.1, 0.15) is 5.03 Å². The first-order valence-corrected chi connectivity index (χ1v) is 6.27. The highest BCUT2D eigenvalue weighted by atomic mass is 35.5. The third kappa shape index (κ3) is 2.47. The fraction of sp³-hybridized carbons (Fsp3) is 0.333. The normalized spacial score (nSPS) is 12.0. The van der Waals surface area contributed by atoms with Crippen LogP contribution in [-0.2, 0) is 0 Å². The van der Waals surface area contributed by atoms with Crippen molar-refractivity contribution in [3.05, 3.63) is 29.4 Å². The first-order valence-electron chi connectivity index (χ1n) is 5.07. The van der Waals surface area contributed by atoms with Gasteiger partial charge in [-0.3, -0.25) is 0 Å². The minimum atomic E-state index is 0.116. The van der Waals surface area contributed by atoms with Gasteiger partial charge in [0.25, 0.3) is 0 Å². The fourth-order valence-corrected chi connectivity index (χ4v) is 2.56. The molecule has 0 saturated heterocycles. The third-order valence-electron chi connectivity index (χ3n) is 2.01.